The molecule has 0 N–H and O–H groups in total. The van der Waals surface area contributed by atoms with Gasteiger partial charge in [-0.15, -0.1) is 0 Å². The first-order chi connectivity index (χ1) is 8.05. The van der Waals surface area contributed by atoms with Crippen molar-refractivity contribution >= 4 is 23.1 Å². The van der Waals surface area contributed by atoms with E-state index in [0.29, 0.717) is 6.42 Å². The molecule has 0 saturated heterocycles. The van der Waals surface area contributed by atoms with Gasteiger partial charge in [-0.25, -0.2) is 0 Å². The van der Waals surface area contributed by atoms with Crippen molar-refractivity contribution in [2.45, 2.75) is 41.0 Å². The number of hydrogen-bond acceptors (Lipinski definition) is 4. The number of Topliss-reactive ketones (excluding diaryl/α,β-unsaturated/α-hetero) is 4. The van der Waals surface area contributed by atoms with Crippen molar-refractivity contribution in [1.82, 2.24) is 0 Å². The highest BCUT2D eigenvalue weighted by Crippen LogP contribution is 2.71. The second kappa shape index (κ2) is 3.16. The van der Waals surface area contributed by atoms with E-state index in [4.69, 9.17) is 0 Å². The molecule has 0 spiro atoms. The highest BCUT2D eigenvalue weighted by molar-refractivity contribution is 6.49. The van der Waals surface area contributed by atoms with Crippen LogP contribution in [0.4, 0.5) is 0 Å². The normalized spacial score (nSPS) is 41.3. The van der Waals surface area contributed by atoms with Gasteiger partial charge in [0.25, 0.3) is 0 Å². The van der Waals surface area contributed by atoms with Gasteiger partial charge in [0, 0.05) is 11.3 Å². The van der Waals surface area contributed by atoms with E-state index in [1.54, 1.807) is 20.8 Å². The Morgan fingerprint density at radius 3 is 1.89 bits per heavy atom. The molecule has 0 heterocycles. The Balaban J connectivity index is 2.82. The van der Waals surface area contributed by atoms with Crippen LogP contribution in [0.25, 0.3) is 0 Å². The van der Waals surface area contributed by atoms with Crippen molar-refractivity contribution in [1.29, 1.82) is 0 Å². The minimum absolute atomic E-state index is 0.178. The van der Waals surface area contributed by atoms with Gasteiger partial charge in [0.15, 0.2) is 0 Å². The number of ketones is 4. The summed E-state index contributed by atoms with van der Waals surface area (Å²) in [5.74, 6) is -2.33. The minimum Gasteiger partial charge on any atom is -0.300 e. The summed E-state index contributed by atoms with van der Waals surface area (Å²) >= 11 is 0. The molecule has 2 fully saturated rings. The van der Waals surface area contributed by atoms with Crippen LogP contribution in [0.1, 0.15) is 41.0 Å². The van der Waals surface area contributed by atoms with Gasteiger partial charge in [0.05, 0.1) is 0 Å². The average Bonchev–Trinajstić information content (AvgIpc) is 2.48. The van der Waals surface area contributed by atoms with Crippen LogP contribution in [-0.4, -0.2) is 23.1 Å². The predicted molar refractivity (Wildman–Crippen MR) is 63.8 cm³/mol. The number of carbonyl (C=O) groups excluding carboxylic acids is 4. The van der Waals surface area contributed by atoms with Gasteiger partial charge in [0.2, 0.25) is 11.6 Å². The summed E-state index contributed by atoms with van der Waals surface area (Å²) in [6.07, 6.45) is 0.305. The molecule has 2 rings (SSSR count). The third-order valence-corrected chi connectivity index (χ3v) is 5.61. The zero-order valence-corrected chi connectivity index (χ0v) is 11.4. The Kier molecular flexibility index (Phi) is 2.31. The van der Waals surface area contributed by atoms with Crippen molar-refractivity contribution < 1.29 is 19.2 Å². The fraction of sp³-hybridized carbons (Fsp3) is 0.714. The van der Waals surface area contributed by atoms with E-state index < -0.39 is 33.7 Å². The third-order valence-electron chi connectivity index (χ3n) is 5.61. The van der Waals surface area contributed by atoms with Crippen molar-refractivity contribution in [2.75, 3.05) is 0 Å². The number of rotatable bonds is 2. The predicted octanol–water partition coefficient (Wildman–Crippen LogP) is 1.35. The van der Waals surface area contributed by atoms with Crippen molar-refractivity contribution in [2.24, 2.45) is 22.2 Å². The molecule has 2 bridgehead atoms. The first-order valence-corrected chi connectivity index (χ1v) is 6.16. The fourth-order valence-corrected chi connectivity index (χ4v) is 4.23. The van der Waals surface area contributed by atoms with E-state index in [1.807, 2.05) is 0 Å². The molecule has 0 aromatic rings. The van der Waals surface area contributed by atoms with Crippen LogP contribution in [0.15, 0.2) is 0 Å². The van der Waals surface area contributed by atoms with Crippen LogP contribution in [-0.2, 0) is 19.2 Å². The zero-order valence-electron chi connectivity index (χ0n) is 11.4. The molecule has 0 aromatic carbocycles. The molecule has 3 atom stereocenters. The SMILES string of the molecule is CC(=O)C1CC2(C)C(=O)C(=O)C1(C(C)=O)C2(C)C. The Hall–Kier alpha value is -1.32. The summed E-state index contributed by atoms with van der Waals surface area (Å²) in [7, 11) is 0. The van der Waals surface area contributed by atoms with E-state index in [9.17, 15) is 19.2 Å². The third kappa shape index (κ3) is 0.953. The molecule has 0 aromatic heterocycles. The van der Waals surface area contributed by atoms with Crippen molar-refractivity contribution in [3.8, 4) is 0 Å². The summed E-state index contributed by atoms with van der Waals surface area (Å²) in [6.45, 7) is 7.95. The van der Waals surface area contributed by atoms with Gasteiger partial charge in [-0.3, -0.25) is 19.2 Å². The van der Waals surface area contributed by atoms with E-state index in [2.05, 4.69) is 0 Å². The molecule has 2 saturated carbocycles. The fourth-order valence-electron chi connectivity index (χ4n) is 4.23. The maximum Gasteiger partial charge on any atom is 0.213 e. The smallest absolute Gasteiger partial charge is 0.213 e. The lowest BCUT2D eigenvalue weighted by molar-refractivity contribution is -0.154. The van der Waals surface area contributed by atoms with Crippen LogP contribution in [0.5, 0.6) is 0 Å². The topological polar surface area (TPSA) is 68.3 Å². The second-order valence-electron chi connectivity index (χ2n) is 6.35. The standard InChI is InChI=1S/C14H18O4/c1-7(15)9-6-13(5)10(17)11(18)14(9,8(2)16)12(13,3)4/h9H,6H2,1-5H3. The molecule has 2 aliphatic carbocycles. The van der Waals surface area contributed by atoms with Gasteiger partial charge < -0.3 is 0 Å². The van der Waals surface area contributed by atoms with Crippen LogP contribution >= 0.6 is 0 Å². The van der Waals surface area contributed by atoms with E-state index in [0.717, 1.165) is 0 Å². The van der Waals surface area contributed by atoms with E-state index >= 15 is 0 Å². The average molecular weight is 250 g/mol. The minimum atomic E-state index is -1.44. The Morgan fingerprint density at radius 1 is 1.06 bits per heavy atom. The first-order valence-electron chi connectivity index (χ1n) is 6.16. The summed E-state index contributed by atoms with van der Waals surface area (Å²) in [6, 6.07) is 0. The van der Waals surface area contributed by atoms with Gasteiger partial charge in [-0.1, -0.05) is 20.8 Å². The van der Waals surface area contributed by atoms with Gasteiger partial charge in [-0.2, -0.15) is 0 Å². The number of hydrogen-bond donors (Lipinski definition) is 0. The molecular weight excluding hydrogens is 232 g/mol. The zero-order chi connectivity index (χ0) is 14.1. The number of carbonyl (C=O) groups is 4. The second-order valence-corrected chi connectivity index (χ2v) is 6.35. The molecule has 4 nitrogen and oxygen atoms in total. The highest BCUT2D eigenvalue weighted by Gasteiger charge is 2.81. The molecule has 0 radical (unpaired) electrons. The lowest BCUT2D eigenvalue weighted by Gasteiger charge is -2.38. The summed E-state index contributed by atoms with van der Waals surface area (Å²) in [5.41, 5.74) is -3.13. The molecule has 4 heteroatoms. The summed E-state index contributed by atoms with van der Waals surface area (Å²) in [5, 5.41) is 0. The maximum atomic E-state index is 12.3. The quantitative estimate of drug-likeness (QED) is 0.548. The van der Waals surface area contributed by atoms with Crippen LogP contribution in [0, 0.1) is 22.2 Å². The molecular formula is C14H18O4. The molecule has 0 amide bonds. The molecule has 98 valence electrons. The Morgan fingerprint density at radius 2 is 1.56 bits per heavy atom. The van der Waals surface area contributed by atoms with E-state index in [-0.39, 0.29) is 11.6 Å². The van der Waals surface area contributed by atoms with Gasteiger partial charge in [-0.05, 0) is 25.7 Å². The van der Waals surface area contributed by atoms with Crippen molar-refractivity contribution in [3.05, 3.63) is 0 Å². The largest absolute Gasteiger partial charge is 0.300 e. The lowest BCUT2D eigenvalue weighted by atomic mass is 9.60. The lowest BCUT2D eigenvalue weighted by Crippen LogP contribution is -2.50. The molecule has 3 unspecified atom stereocenters. The molecule has 18 heavy (non-hydrogen) atoms. The monoisotopic (exact) mass is 250 g/mol. The maximum absolute atomic E-state index is 12.3. The highest BCUT2D eigenvalue weighted by atomic mass is 16.2. The van der Waals surface area contributed by atoms with Gasteiger partial charge >= 0.3 is 0 Å². The molecule has 0 aliphatic heterocycles. The summed E-state index contributed by atoms with van der Waals surface area (Å²) < 4.78 is 0. The van der Waals surface area contributed by atoms with E-state index in [1.165, 1.54) is 13.8 Å². The summed E-state index contributed by atoms with van der Waals surface area (Å²) in [4.78, 5) is 48.5. The Labute approximate surface area is 106 Å². The van der Waals surface area contributed by atoms with Gasteiger partial charge in [0.1, 0.15) is 17.0 Å². The van der Waals surface area contributed by atoms with Crippen LogP contribution < -0.4 is 0 Å². The number of fused-ring (bicyclic) bond motifs is 2. The van der Waals surface area contributed by atoms with Crippen LogP contribution in [0.2, 0.25) is 0 Å². The van der Waals surface area contributed by atoms with Crippen LogP contribution in [0.3, 0.4) is 0 Å². The first kappa shape index (κ1) is 13.1. The Bertz CT molecular complexity index is 502. The van der Waals surface area contributed by atoms with Crippen molar-refractivity contribution in [3.63, 3.8) is 0 Å². The molecule has 2 aliphatic rings.